The van der Waals surface area contributed by atoms with E-state index in [-0.39, 0.29) is 5.91 Å². The van der Waals surface area contributed by atoms with E-state index in [0.717, 1.165) is 27.6 Å². The number of carbonyl (C=O) groups excluding carboxylic acids is 1. The first-order valence-electron chi connectivity index (χ1n) is 7.44. The lowest BCUT2D eigenvalue weighted by Gasteiger charge is -2.14. The summed E-state index contributed by atoms with van der Waals surface area (Å²) in [7, 11) is 0. The van der Waals surface area contributed by atoms with Crippen molar-refractivity contribution in [1.82, 2.24) is 14.9 Å². The molecule has 0 unspecified atom stereocenters. The van der Waals surface area contributed by atoms with Gasteiger partial charge in [0.2, 0.25) is 0 Å². The lowest BCUT2D eigenvalue weighted by atomic mass is 10.1. The van der Waals surface area contributed by atoms with E-state index in [1.54, 1.807) is 6.20 Å². The summed E-state index contributed by atoms with van der Waals surface area (Å²) in [5, 5.41) is 1.13. The number of hydrogen-bond acceptors (Lipinski definition) is 2. The van der Waals surface area contributed by atoms with Crippen molar-refractivity contribution in [3.63, 3.8) is 0 Å². The second kappa shape index (κ2) is 4.70. The molecule has 1 amide bonds. The maximum absolute atomic E-state index is 12.9. The number of aryl methyl sites for hydroxylation is 2. The number of nitrogens with one attached hydrogen (secondary N) is 1. The zero-order valence-corrected chi connectivity index (χ0v) is 12.7. The molecular formula is C18H17N3O. The number of nitrogens with zero attached hydrogens (tertiary/aromatic N) is 2. The van der Waals surface area contributed by atoms with Gasteiger partial charge in [-0.05, 0) is 42.2 Å². The predicted octanol–water partition coefficient (Wildman–Crippen LogP) is 3.34. The minimum absolute atomic E-state index is 0.0595. The Bertz CT molecular complexity index is 869. The van der Waals surface area contributed by atoms with E-state index < -0.39 is 0 Å². The average molecular weight is 291 g/mol. The number of para-hydroxylation sites is 1. The highest BCUT2D eigenvalue weighted by Gasteiger charge is 2.26. The predicted molar refractivity (Wildman–Crippen MR) is 85.6 cm³/mol. The van der Waals surface area contributed by atoms with Crippen LogP contribution in [-0.2, 0) is 13.1 Å². The monoisotopic (exact) mass is 291 g/mol. The SMILES string of the molecule is Cc1c(C(=O)N2Cc3ccncc3C2)[nH]c2c(C)cccc12. The largest absolute Gasteiger partial charge is 0.350 e. The Balaban J connectivity index is 1.73. The normalized spacial score (nSPS) is 13.6. The summed E-state index contributed by atoms with van der Waals surface area (Å²) in [5.41, 5.74) is 6.27. The van der Waals surface area contributed by atoms with Gasteiger partial charge in [-0.25, -0.2) is 0 Å². The van der Waals surface area contributed by atoms with E-state index in [9.17, 15) is 4.79 Å². The highest BCUT2D eigenvalue weighted by atomic mass is 16.2. The number of H-pyrrole nitrogens is 1. The summed E-state index contributed by atoms with van der Waals surface area (Å²) in [6.07, 6.45) is 3.63. The van der Waals surface area contributed by atoms with Gasteiger partial charge in [-0.2, -0.15) is 0 Å². The van der Waals surface area contributed by atoms with E-state index in [1.165, 1.54) is 5.56 Å². The van der Waals surface area contributed by atoms with Crippen molar-refractivity contribution in [3.05, 3.63) is 64.6 Å². The summed E-state index contributed by atoms with van der Waals surface area (Å²) in [5.74, 6) is 0.0595. The van der Waals surface area contributed by atoms with E-state index in [2.05, 4.69) is 29.0 Å². The minimum Gasteiger partial charge on any atom is -0.350 e. The number of pyridine rings is 1. The fourth-order valence-corrected chi connectivity index (χ4v) is 3.23. The lowest BCUT2D eigenvalue weighted by Crippen LogP contribution is -2.26. The van der Waals surface area contributed by atoms with Gasteiger partial charge in [0.05, 0.1) is 0 Å². The molecule has 0 atom stereocenters. The van der Waals surface area contributed by atoms with Crippen molar-refractivity contribution in [2.24, 2.45) is 0 Å². The Hall–Kier alpha value is -2.62. The number of fused-ring (bicyclic) bond motifs is 2. The quantitative estimate of drug-likeness (QED) is 0.747. The standard InChI is InChI=1S/C18H17N3O/c1-11-4-3-5-15-12(2)17(20-16(11)15)18(22)21-9-13-6-7-19-8-14(13)10-21/h3-8,20H,9-10H2,1-2H3. The Morgan fingerprint density at radius 3 is 2.77 bits per heavy atom. The van der Waals surface area contributed by atoms with Gasteiger partial charge in [0, 0.05) is 36.4 Å². The number of carbonyl (C=O) groups is 1. The van der Waals surface area contributed by atoms with Crippen LogP contribution < -0.4 is 0 Å². The number of hydrogen-bond donors (Lipinski definition) is 1. The molecule has 0 spiro atoms. The molecule has 1 N–H and O–H groups in total. The highest BCUT2D eigenvalue weighted by Crippen LogP contribution is 2.28. The van der Waals surface area contributed by atoms with Crippen LogP contribution in [0.15, 0.2) is 36.7 Å². The Kier molecular flexibility index (Phi) is 2.79. The fourth-order valence-electron chi connectivity index (χ4n) is 3.23. The third kappa shape index (κ3) is 1.84. The number of aromatic nitrogens is 2. The van der Waals surface area contributed by atoms with Gasteiger partial charge in [-0.1, -0.05) is 18.2 Å². The van der Waals surface area contributed by atoms with Crippen molar-refractivity contribution in [3.8, 4) is 0 Å². The molecule has 4 nitrogen and oxygen atoms in total. The Morgan fingerprint density at radius 1 is 1.18 bits per heavy atom. The lowest BCUT2D eigenvalue weighted by molar-refractivity contribution is 0.0745. The van der Waals surface area contributed by atoms with E-state index >= 15 is 0 Å². The number of benzene rings is 1. The summed E-state index contributed by atoms with van der Waals surface area (Å²) in [6, 6.07) is 8.15. The highest BCUT2D eigenvalue weighted by molar-refractivity contribution is 6.01. The molecule has 3 heterocycles. The molecule has 110 valence electrons. The molecule has 22 heavy (non-hydrogen) atoms. The molecule has 3 aromatic rings. The Labute approximate surface area is 128 Å². The van der Waals surface area contributed by atoms with Crippen molar-refractivity contribution in [2.75, 3.05) is 0 Å². The zero-order chi connectivity index (χ0) is 15.3. The molecule has 0 bridgehead atoms. The van der Waals surface area contributed by atoms with Gasteiger partial charge in [0.15, 0.2) is 0 Å². The topological polar surface area (TPSA) is 49.0 Å². The van der Waals surface area contributed by atoms with Crippen LogP contribution in [0, 0.1) is 13.8 Å². The smallest absolute Gasteiger partial charge is 0.271 e. The van der Waals surface area contributed by atoms with Crippen LogP contribution in [0.3, 0.4) is 0 Å². The molecule has 2 aromatic heterocycles. The van der Waals surface area contributed by atoms with Gasteiger partial charge in [0.25, 0.3) is 5.91 Å². The maximum atomic E-state index is 12.9. The third-order valence-corrected chi connectivity index (χ3v) is 4.53. The molecular weight excluding hydrogens is 274 g/mol. The molecule has 0 radical (unpaired) electrons. The second-order valence-electron chi connectivity index (χ2n) is 5.93. The van der Waals surface area contributed by atoms with Crippen LogP contribution in [0.2, 0.25) is 0 Å². The zero-order valence-electron chi connectivity index (χ0n) is 12.7. The molecule has 4 rings (SSSR count). The van der Waals surface area contributed by atoms with Gasteiger partial charge >= 0.3 is 0 Å². The number of rotatable bonds is 1. The average Bonchev–Trinajstić information content (AvgIpc) is 3.09. The summed E-state index contributed by atoms with van der Waals surface area (Å²) < 4.78 is 0. The molecule has 4 heteroatoms. The van der Waals surface area contributed by atoms with Crippen LogP contribution in [0.5, 0.6) is 0 Å². The molecule has 0 fully saturated rings. The van der Waals surface area contributed by atoms with Crippen molar-refractivity contribution in [2.45, 2.75) is 26.9 Å². The Morgan fingerprint density at radius 2 is 2.00 bits per heavy atom. The van der Waals surface area contributed by atoms with Crippen molar-refractivity contribution < 1.29 is 4.79 Å². The molecule has 1 aliphatic heterocycles. The number of amides is 1. The first-order valence-corrected chi connectivity index (χ1v) is 7.44. The van der Waals surface area contributed by atoms with Gasteiger partial charge in [-0.15, -0.1) is 0 Å². The second-order valence-corrected chi connectivity index (χ2v) is 5.93. The van der Waals surface area contributed by atoms with Crippen LogP contribution in [0.1, 0.15) is 32.7 Å². The van der Waals surface area contributed by atoms with E-state index in [4.69, 9.17) is 0 Å². The molecule has 0 saturated heterocycles. The van der Waals surface area contributed by atoms with Gasteiger partial charge in [-0.3, -0.25) is 9.78 Å². The minimum atomic E-state index is 0.0595. The summed E-state index contributed by atoms with van der Waals surface area (Å²) in [4.78, 5) is 22.2. The van der Waals surface area contributed by atoms with E-state index in [1.807, 2.05) is 30.2 Å². The van der Waals surface area contributed by atoms with Crippen LogP contribution in [0.4, 0.5) is 0 Å². The summed E-state index contributed by atoms with van der Waals surface area (Å²) >= 11 is 0. The fraction of sp³-hybridized carbons (Fsp3) is 0.222. The maximum Gasteiger partial charge on any atom is 0.271 e. The van der Waals surface area contributed by atoms with Crippen LogP contribution in [0.25, 0.3) is 10.9 Å². The third-order valence-electron chi connectivity index (χ3n) is 4.53. The first-order chi connectivity index (χ1) is 10.6. The number of aromatic amines is 1. The molecule has 1 aromatic carbocycles. The first kappa shape index (κ1) is 13.1. The van der Waals surface area contributed by atoms with Gasteiger partial charge in [0.1, 0.15) is 5.69 Å². The van der Waals surface area contributed by atoms with Crippen LogP contribution in [-0.4, -0.2) is 20.8 Å². The molecule has 1 aliphatic rings. The summed E-state index contributed by atoms with van der Waals surface area (Å²) in [6.45, 7) is 5.36. The van der Waals surface area contributed by atoms with Gasteiger partial charge < -0.3 is 9.88 Å². The molecule has 0 aliphatic carbocycles. The van der Waals surface area contributed by atoms with E-state index in [0.29, 0.717) is 18.8 Å². The van der Waals surface area contributed by atoms with Crippen LogP contribution >= 0.6 is 0 Å². The molecule has 0 saturated carbocycles. The van der Waals surface area contributed by atoms with Crippen molar-refractivity contribution in [1.29, 1.82) is 0 Å². The van der Waals surface area contributed by atoms with Crippen molar-refractivity contribution >= 4 is 16.8 Å².